The van der Waals surface area contributed by atoms with Crippen LogP contribution in [-0.4, -0.2) is 34.0 Å². The Bertz CT molecular complexity index is 896. The highest BCUT2D eigenvalue weighted by molar-refractivity contribution is 7.89. The Morgan fingerprint density at radius 3 is 2.41 bits per heavy atom. The lowest BCUT2D eigenvalue weighted by Gasteiger charge is -2.11. The Hall–Kier alpha value is -2.09. The number of amides is 1. The number of benzene rings is 2. The van der Waals surface area contributed by atoms with Gasteiger partial charge in [0.05, 0.1) is 17.6 Å². The van der Waals surface area contributed by atoms with Crippen molar-refractivity contribution < 1.29 is 17.9 Å². The van der Waals surface area contributed by atoms with Gasteiger partial charge in [-0.05, 0) is 56.2 Å². The first-order valence-corrected chi connectivity index (χ1v) is 10.3. The van der Waals surface area contributed by atoms with Gasteiger partial charge in [-0.1, -0.05) is 23.7 Å². The van der Waals surface area contributed by atoms with E-state index in [0.29, 0.717) is 29.3 Å². The number of hydrogen-bond donors (Lipinski definition) is 2. The van der Waals surface area contributed by atoms with Crippen molar-refractivity contribution in [3.8, 4) is 5.75 Å². The third-order valence-electron chi connectivity index (χ3n) is 3.73. The van der Waals surface area contributed by atoms with Crippen LogP contribution in [0.1, 0.15) is 29.8 Å². The molecule has 0 aliphatic heterocycles. The molecule has 1 amide bonds. The molecule has 0 unspecified atom stereocenters. The lowest BCUT2D eigenvalue weighted by Crippen LogP contribution is -2.30. The van der Waals surface area contributed by atoms with Crippen LogP contribution in [0.15, 0.2) is 47.4 Å². The summed E-state index contributed by atoms with van der Waals surface area (Å²) < 4.78 is 31.9. The third-order valence-corrected chi connectivity index (χ3v) is 5.64. The predicted octanol–water partition coefficient (Wildman–Crippen LogP) is 3.01. The zero-order valence-electron chi connectivity index (χ0n) is 15.5. The quantitative estimate of drug-likeness (QED) is 0.700. The SMILES string of the molecule is COc1ccc(Cl)cc1C(=O)NCCc1ccc(S(=O)(=O)NC(C)C)cc1. The lowest BCUT2D eigenvalue weighted by molar-refractivity contribution is 0.0951. The molecule has 0 aliphatic rings. The second kappa shape index (κ2) is 9.21. The van der Waals surface area contributed by atoms with Crippen LogP contribution >= 0.6 is 11.6 Å². The standard InChI is InChI=1S/C19H23ClN2O4S/c1-13(2)22-27(24,25)16-7-4-14(5-8-16)10-11-21-19(23)17-12-15(20)6-9-18(17)26-3/h4-9,12-13,22H,10-11H2,1-3H3,(H,21,23). The topological polar surface area (TPSA) is 84.5 Å². The van der Waals surface area contributed by atoms with Crippen molar-refractivity contribution in [1.29, 1.82) is 0 Å². The predicted molar refractivity (Wildman–Crippen MR) is 106 cm³/mol. The summed E-state index contributed by atoms with van der Waals surface area (Å²) in [4.78, 5) is 12.5. The number of ether oxygens (including phenoxy) is 1. The van der Waals surface area contributed by atoms with Crippen LogP contribution in [0.25, 0.3) is 0 Å². The van der Waals surface area contributed by atoms with E-state index in [1.165, 1.54) is 7.11 Å². The largest absolute Gasteiger partial charge is 0.496 e. The zero-order valence-corrected chi connectivity index (χ0v) is 17.0. The molecule has 0 heterocycles. The van der Waals surface area contributed by atoms with Crippen LogP contribution in [0.2, 0.25) is 5.02 Å². The summed E-state index contributed by atoms with van der Waals surface area (Å²) in [6, 6.07) is 11.3. The maximum absolute atomic E-state index is 12.3. The molecule has 2 rings (SSSR count). The summed E-state index contributed by atoms with van der Waals surface area (Å²) in [5.74, 6) is 0.166. The van der Waals surface area contributed by atoms with Crippen LogP contribution in [0.5, 0.6) is 5.75 Å². The van der Waals surface area contributed by atoms with E-state index in [2.05, 4.69) is 10.0 Å². The van der Waals surface area contributed by atoms with E-state index < -0.39 is 10.0 Å². The van der Waals surface area contributed by atoms with Gasteiger partial charge in [0.15, 0.2) is 0 Å². The van der Waals surface area contributed by atoms with E-state index in [0.717, 1.165) is 5.56 Å². The number of halogens is 1. The van der Waals surface area contributed by atoms with Gasteiger partial charge in [0.25, 0.3) is 5.91 Å². The first kappa shape index (κ1) is 21.2. The molecule has 6 nitrogen and oxygen atoms in total. The maximum atomic E-state index is 12.3. The number of sulfonamides is 1. The minimum Gasteiger partial charge on any atom is -0.496 e. The number of nitrogens with one attached hydrogen (secondary N) is 2. The zero-order chi connectivity index (χ0) is 20.0. The van der Waals surface area contributed by atoms with Crippen LogP contribution in [0, 0.1) is 0 Å². The van der Waals surface area contributed by atoms with Crippen LogP contribution in [0.3, 0.4) is 0 Å². The molecular weight excluding hydrogens is 388 g/mol. The average Bonchev–Trinajstić information content (AvgIpc) is 2.61. The van der Waals surface area contributed by atoms with Gasteiger partial charge in [0.1, 0.15) is 5.75 Å². The molecule has 0 saturated carbocycles. The molecule has 0 atom stereocenters. The first-order chi connectivity index (χ1) is 12.7. The number of rotatable bonds is 8. The minimum atomic E-state index is -3.50. The fourth-order valence-electron chi connectivity index (χ4n) is 2.49. The van der Waals surface area contributed by atoms with Crippen molar-refractivity contribution in [1.82, 2.24) is 10.0 Å². The summed E-state index contributed by atoms with van der Waals surface area (Å²) in [5, 5.41) is 3.26. The molecule has 0 bridgehead atoms. The fourth-order valence-corrected chi connectivity index (χ4v) is 3.91. The second-order valence-corrected chi connectivity index (χ2v) is 8.42. The van der Waals surface area contributed by atoms with Gasteiger partial charge < -0.3 is 10.1 Å². The van der Waals surface area contributed by atoms with Crippen LogP contribution in [0.4, 0.5) is 0 Å². The molecule has 2 aromatic carbocycles. The Balaban J connectivity index is 1.96. The summed E-state index contributed by atoms with van der Waals surface area (Å²) in [6.45, 7) is 3.93. The third kappa shape index (κ3) is 5.95. The summed E-state index contributed by atoms with van der Waals surface area (Å²) in [5.41, 5.74) is 1.28. The molecule has 0 fully saturated rings. The van der Waals surface area contributed by atoms with Crippen LogP contribution in [-0.2, 0) is 16.4 Å². The van der Waals surface area contributed by atoms with E-state index in [9.17, 15) is 13.2 Å². The smallest absolute Gasteiger partial charge is 0.255 e. The molecule has 2 aromatic rings. The Morgan fingerprint density at radius 1 is 1.15 bits per heavy atom. The Labute approximate surface area is 164 Å². The van der Waals surface area contributed by atoms with E-state index in [4.69, 9.17) is 16.3 Å². The summed E-state index contributed by atoms with van der Waals surface area (Å²) in [6.07, 6.45) is 0.562. The lowest BCUT2D eigenvalue weighted by atomic mass is 10.1. The van der Waals surface area contributed by atoms with Crippen LogP contribution < -0.4 is 14.8 Å². The molecule has 0 saturated heterocycles. The van der Waals surface area contributed by atoms with Crippen molar-refractivity contribution in [2.24, 2.45) is 0 Å². The molecule has 0 aromatic heterocycles. The normalized spacial score (nSPS) is 11.4. The highest BCUT2D eigenvalue weighted by Gasteiger charge is 2.15. The highest BCUT2D eigenvalue weighted by atomic mass is 35.5. The van der Waals surface area contributed by atoms with Crippen molar-refractivity contribution >= 4 is 27.5 Å². The number of hydrogen-bond acceptors (Lipinski definition) is 4. The molecule has 0 spiro atoms. The van der Waals surface area contributed by atoms with Crippen molar-refractivity contribution in [2.75, 3.05) is 13.7 Å². The van der Waals surface area contributed by atoms with Gasteiger partial charge in [-0.25, -0.2) is 13.1 Å². The van der Waals surface area contributed by atoms with E-state index in [1.807, 2.05) is 0 Å². The van der Waals surface area contributed by atoms with Gasteiger partial charge in [-0.15, -0.1) is 0 Å². The fraction of sp³-hybridized carbons (Fsp3) is 0.316. The van der Waals surface area contributed by atoms with Gasteiger partial charge in [0, 0.05) is 17.6 Å². The van der Waals surface area contributed by atoms with E-state index >= 15 is 0 Å². The van der Waals surface area contributed by atoms with Gasteiger partial charge in [-0.2, -0.15) is 0 Å². The summed E-state index contributed by atoms with van der Waals surface area (Å²) >= 11 is 5.94. The van der Waals surface area contributed by atoms with Crippen molar-refractivity contribution in [3.05, 3.63) is 58.6 Å². The Morgan fingerprint density at radius 2 is 1.81 bits per heavy atom. The second-order valence-electron chi connectivity index (χ2n) is 6.27. The molecule has 2 N–H and O–H groups in total. The molecule has 8 heteroatoms. The number of carbonyl (C=O) groups is 1. The van der Waals surface area contributed by atoms with Gasteiger partial charge in [0.2, 0.25) is 10.0 Å². The Kier molecular flexibility index (Phi) is 7.24. The summed E-state index contributed by atoms with van der Waals surface area (Å²) in [7, 11) is -2.01. The number of carbonyl (C=O) groups excluding carboxylic acids is 1. The molecule has 0 aliphatic carbocycles. The monoisotopic (exact) mass is 410 g/mol. The maximum Gasteiger partial charge on any atom is 0.255 e. The van der Waals surface area contributed by atoms with Crippen molar-refractivity contribution in [2.45, 2.75) is 31.2 Å². The minimum absolute atomic E-state index is 0.173. The van der Waals surface area contributed by atoms with Crippen molar-refractivity contribution in [3.63, 3.8) is 0 Å². The number of methoxy groups -OCH3 is 1. The molecule has 0 radical (unpaired) electrons. The molecular formula is C19H23ClN2O4S. The van der Waals surface area contributed by atoms with E-state index in [1.54, 1.807) is 56.3 Å². The van der Waals surface area contributed by atoms with Gasteiger partial charge in [-0.3, -0.25) is 4.79 Å². The molecule has 27 heavy (non-hydrogen) atoms. The van der Waals surface area contributed by atoms with E-state index in [-0.39, 0.29) is 16.8 Å². The van der Waals surface area contributed by atoms with Gasteiger partial charge >= 0.3 is 0 Å². The first-order valence-electron chi connectivity index (χ1n) is 8.46. The highest BCUT2D eigenvalue weighted by Crippen LogP contribution is 2.22. The average molecular weight is 411 g/mol. The molecule has 146 valence electrons.